The summed E-state index contributed by atoms with van der Waals surface area (Å²) in [6.07, 6.45) is 0. The third kappa shape index (κ3) is 4.86. The second kappa shape index (κ2) is 8.63. The quantitative estimate of drug-likeness (QED) is 0.437. The molecule has 3 rings (SSSR count). The molecule has 0 saturated carbocycles. The summed E-state index contributed by atoms with van der Waals surface area (Å²) in [5, 5.41) is 5.10. The molecule has 0 saturated heterocycles. The molecular weight excluding hydrogens is 594 g/mol. The Morgan fingerprint density at radius 3 is 1.55 bits per heavy atom. The van der Waals surface area contributed by atoms with Crippen LogP contribution in [0.3, 0.4) is 0 Å². The van der Waals surface area contributed by atoms with Gasteiger partial charge in [0.1, 0.15) is 18.5 Å². The summed E-state index contributed by atoms with van der Waals surface area (Å²) in [5.74, 6) is 0. The number of primary sulfonamides is 1. The average molecular weight is 602 g/mol. The summed E-state index contributed by atoms with van der Waals surface area (Å²) in [6, 6.07) is 5.98. The first-order valence-electron chi connectivity index (χ1n) is 7.49. The molecule has 2 heterocycles. The van der Waals surface area contributed by atoms with Crippen LogP contribution in [0.2, 0.25) is 17.3 Å². The number of halogens is 4. The molecule has 0 fully saturated rings. The first-order valence-corrected chi connectivity index (χ1v) is 15.1. The number of benzene rings is 1. The molecule has 0 unspecified atom stereocenters. The summed E-state index contributed by atoms with van der Waals surface area (Å²) in [7, 11) is -14.2. The first-order chi connectivity index (χ1) is 14.2. The average Bonchev–Trinajstić information content (AvgIpc) is 3.15. The molecule has 168 valence electrons. The lowest BCUT2D eigenvalue weighted by Gasteiger charge is -2.24. The van der Waals surface area contributed by atoms with Gasteiger partial charge in [0.15, 0.2) is 0 Å². The van der Waals surface area contributed by atoms with E-state index < -0.39 is 50.4 Å². The van der Waals surface area contributed by atoms with Crippen LogP contribution in [0.1, 0.15) is 0 Å². The van der Waals surface area contributed by atoms with Crippen LogP contribution in [0.5, 0.6) is 0 Å². The summed E-state index contributed by atoms with van der Waals surface area (Å²) in [6.45, 7) is 0. The molecule has 0 radical (unpaired) electrons. The molecule has 0 atom stereocenters. The van der Waals surface area contributed by atoms with Crippen molar-refractivity contribution in [3.05, 3.63) is 53.7 Å². The molecular formula is C14H8Cl4N2O6S5. The lowest BCUT2D eigenvalue weighted by Crippen LogP contribution is -2.37. The fourth-order valence-corrected chi connectivity index (χ4v) is 10.8. The highest BCUT2D eigenvalue weighted by molar-refractivity contribution is 8.10. The van der Waals surface area contributed by atoms with Gasteiger partial charge in [-0.2, -0.15) is 20.5 Å². The van der Waals surface area contributed by atoms with Crippen LogP contribution in [0.15, 0.2) is 51.1 Å². The lowest BCUT2D eigenvalue weighted by molar-refractivity contribution is 0.583. The molecule has 31 heavy (non-hydrogen) atoms. The minimum Gasteiger partial charge on any atom is -0.225 e. The molecule has 0 aliphatic rings. The van der Waals surface area contributed by atoms with E-state index in [2.05, 4.69) is 0 Å². The fourth-order valence-electron chi connectivity index (χ4n) is 2.36. The molecule has 8 nitrogen and oxygen atoms in total. The van der Waals surface area contributed by atoms with Crippen molar-refractivity contribution in [1.29, 1.82) is 0 Å². The second-order valence-corrected chi connectivity index (χ2v) is 15.5. The van der Waals surface area contributed by atoms with E-state index in [-0.39, 0.29) is 21.1 Å². The molecule has 2 N–H and O–H groups in total. The Hall–Kier alpha value is -0.610. The van der Waals surface area contributed by atoms with Crippen LogP contribution in [-0.4, -0.2) is 25.3 Å². The monoisotopic (exact) mass is 600 g/mol. The van der Waals surface area contributed by atoms with Gasteiger partial charge in [0.25, 0.3) is 20.0 Å². The number of thiophene rings is 2. The normalized spacial score (nSPS) is 12.8. The van der Waals surface area contributed by atoms with Gasteiger partial charge < -0.3 is 0 Å². The maximum Gasteiger partial charge on any atom is 0.280 e. The van der Waals surface area contributed by atoms with Crippen LogP contribution in [0.4, 0.5) is 5.69 Å². The van der Waals surface area contributed by atoms with Crippen LogP contribution >= 0.6 is 69.1 Å². The number of sulfonamides is 3. The summed E-state index contributed by atoms with van der Waals surface area (Å²) < 4.78 is 76.5. The second-order valence-electron chi connectivity index (χ2n) is 5.63. The third-order valence-corrected chi connectivity index (χ3v) is 12.2. The molecule has 0 spiro atoms. The third-order valence-electron chi connectivity index (χ3n) is 3.60. The van der Waals surface area contributed by atoms with E-state index in [1.165, 1.54) is 0 Å². The van der Waals surface area contributed by atoms with Crippen LogP contribution < -0.4 is 8.85 Å². The molecule has 0 bridgehead atoms. The van der Waals surface area contributed by atoms with E-state index in [9.17, 15) is 25.3 Å². The lowest BCUT2D eigenvalue weighted by atomic mass is 10.3. The minimum absolute atomic E-state index is 0.00318. The maximum atomic E-state index is 13.4. The van der Waals surface area contributed by atoms with Gasteiger partial charge in [0.05, 0.1) is 19.3 Å². The smallest absolute Gasteiger partial charge is 0.225 e. The zero-order valence-electron chi connectivity index (χ0n) is 14.5. The maximum absolute atomic E-state index is 13.4. The Morgan fingerprint density at radius 2 is 1.19 bits per heavy atom. The highest BCUT2D eigenvalue weighted by Crippen LogP contribution is 2.42. The minimum atomic E-state index is -4.93. The van der Waals surface area contributed by atoms with Crippen molar-refractivity contribution in [2.24, 2.45) is 5.14 Å². The van der Waals surface area contributed by atoms with Gasteiger partial charge in [0.2, 0.25) is 10.0 Å². The Labute approximate surface area is 205 Å². The summed E-state index contributed by atoms with van der Waals surface area (Å²) >= 11 is 25.0. The number of nitrogens with two attached hydrogens (primary N) is 1. The zero-order valence-corrected chi connectivity index (χ0v) is 21.6. The van der Waals surface area contributed by atoms with E-state index in [0.717, 1.165) is 36.4 Å². The Morgan fingerprint density at radius 1 is 0.742 bits per heavy atom. The fraction of sp³-hybridized carbons (Fsp3) is 0. The van der Waals surface area contributed by atoms with Gasteiger partial charge in [-0.3, -0.25) is 0 Å². The molecule has 0 amide bonds. The van der Waals surface area contributed by atoms with Crippen molar-refractivity contribution < 1.29 is 25.3 Å². The van der Waals surface area contributed by atoms with Crippen LogP contribution in [-0.2, 0) is 30.1 Å². The predicted octanol–water partition coefficient (Wildman–Crippen LogP) is 4.65. The number of hydrogen-bond donors (Lipinski definition) is 1. The summed E-state index contributed by atoms with van der Waals surface area (Å²) in [5.41, 5.74) is -0.552. The number of hydrogen-bond acceptors (Lipinski definition) is 8. The Kier molecular flexibility index (Phi) is 6.97. The number of anilines is 1. The highest BCUT2D eigenvalue weighted by atomic mass is 35.5. The van der Waals surface area contributed by atoms with Crippen LogP contribution in [0.25, 0.3) is 0 Å². The van der Waals surface area contributed by atoms with E-state index in [0.29, 0.717) is 22.7 Å². The zero-order chi connectivity index (χ0) is 23.4. The molecule has 0 aliphatic carbocycles. The van der Waals surface area contributed by atoms with Gasteiger partial charge in [-0.25, -0.2) is 13.6 Å². The van der Waals surface area contributed by atoms with Crippen molar-refractivity contribution >= 4 is 105 Å². The van der Waals surface area contributed by atoms with Crippen molar-refractivity contribution in [3.63, 3.8) is 0 Å². The van der Waals surface area contributed by atoms with Gasteiger partial charge >= 0.3 is 0 Å². The molecule has 1 aromatic carbocycles. The van der Waals surface area contributed by atoms with Crippen molar-refractivity contribution in [2.75, 3.05) is 3.71 Å². The van der Waals surface area contributed by atoms with E-state index >= 15 is 0 Å². The number of nitrogens with zero attached hydrogens (tertiary/aromatic N) is 1. The van der Waals surface area contributed by atoms with Crippen LogP contribution in [0, 0.1) is 0 Å². The number of rotatable bonds is 6. The van der Waals surface area contributed by atoms with Gasteiger partial charge in [-0.1, -0.05) is 52.5 Å². The molecule has 2 aromatic heterocycles. The SMILES string of the molecule is NS(=O)(=O)c1cccc(N(S(=O)(=O)c2cc(Cl)sc2Cl)S(=O)(=O)c2cc(Cl)sc2Cl)c1. The largest absolute Gasteiger partial charge is 0.280 e. The molecule has 17 heteroatoms. The van der Waals surface area contributed by atoms with Crippen molar-refractivity contribution in [2.45, 2.75) is 14.7 Å². The van der Waals surface area contributed by atoms with Crippen molar-refractivity contribution in [3.8, 4) is 0 Å². The first kappa shape index (κ1) is 25.0. The Balaban J connectivity index is 2.38. The highest BCUT2D eigenvalue weighted by Gasteiger charge is 2.41. The Bertz CT molecular complexity index is 1420. The van der Waals surface area contributed by atoms with E-state index in [1.54, 1.807) is 0 Å². The standard InChI is InChI=1S/C14H8Cl4N2O6S5/c15-11-5-9(13(17)27-11)30(23,24)20(7-2-1-3-8(4-7)29(19,21)22)31(25,26)10-6-12(16)28-14(10)18/h1-6H,(H2,19,21,22). The van der Waals surface area contributed by atoms with E-state index in [4.69, 9.17) is 51.5 Å². The van der Waals surface area contributed by atoms with Gasteiger partial charge in [-0.15, -0.1) is 22.7 Å². The predicted molar refractivity (Wildman–Crippen MR) is 123 cm³/mol. The van der Waals surface area contributed by atoms with Gasteiger partial charge in [0, 0.05) is 0 Å². The van der Waals surface area contributed by atoms with Gasteiger partial charge in [-0.05, 0) is 30.3 Å². The van der Waals surface area contributed by atoms with E-state index in [1.807, 2.05) is 0 Å². The molecule has 0 aliphatic heterocycles. The topological polar surface area (TPSA) is 132 Å². The summed E-state index contributed by atoms with van der Waals surface area (Å²) in [4.78, 5) is -1.73. The van der Waals surface area contributed by atoms with Crippen molar-refractivity contribution in [1.82, 2.24) is 0 Å². The molecule has 3 aromatic rings.